The van der Waals surface area contributed by atoms with Gasteiger partial charge in [0.25, 0.3) is 0 Å². The van der Waals surface area contributed by atoms with E-state index < -0.39 is 0 Å². The fourth-order valence-electron chi connectivity index (χ4n) is 4.83. The van der Waals surface area contributed by atoms with Crippen LogP contribution in [0.5, 0.6) is 11.8 Å². The number of hydrogen-bond acceptors (Lipinski definition) is 7. The Morgan fingerprint density at radius 2 is 1.75 bits per heavy atom. The Labute approximate surface area is 230 Å². The maximum absolute atomic E-state index is 11.9. The van der Waals surface area contributed by atoms with Gasteiger partial charge in [-0.05, 0) is 71.3 Å². The molecule has 3 aromatic carbocycles. The Morgan fingerprint density at radius 1 is 0.975 bits per heavy atom. The molecule has 0 spiro atoms. The minimum atomic E-state index is -0.262. The van der Waals surface area contributed by atoms with Crippen LogP contribution in [0, 0.1) is 6.92 Å². The van der Waals surface area contributed by atoms with E-state index in [2.05, 4.69) is 50.0 Å². The van der Waals surface area contributed by atoms with Crippen molar-refractivity contribution in [3.63, 3.8) is 0 Å². The molecule has 3 heterocycles. The number of benzene rings is 3. The molecule has 3 aromatic heterocycles. The lowest BCUT2D eigenvalue weighted by Crippen LogP contribution is -2.06. The Bertz CT molecular complexity index is 1930. The summed E-state index contributed by atoms with van der Waals surface area (Å²) in [6, 6.07) is 21.8. The second-order valence-corrected chi connectivity index (χ2v) is 9.32. The third-order valence-corrected chi connectivity index (χ3v) is 6.69. The lowest BCUT2D eigenvalue weighted by Gasteiger charge is -2.12. The van der Waals surface area contributed by atoms with Crippen molar-refractivity contribution in [2.24, 2.45) is 7.05 Å². The molecule has 9 heteroatoms. The number of aromatic nitrogens is 5. The first-order valence-electron chi connectivity index (χ1n) is 12.6. The maximum Gasteiger partial charge on any atom is 0.322 e. The van der Waals surface area contributed by atoms with E-state index in [0.29, 0.717) is 17.3 Å². The third kappa shape index (κ3) is 4.49. The normalized spacial score (nSPS) is 11.1. The van der Waals surface area contributed by atoms with Crippen LogP contribution in [0.1, 0.15) is 5.69 Å². The summed E-state index contributed by atoms with van der Waals surface area (Å²) in [4.78, 5) is 29.2. The van der Waals surface area contributed by atoms with Gasteiger partial charge >= 0.3 is 6.01 Å². The summed E-state index contributed by atoms with van der Waals surface area (Å²) < 4.78 is 7.89. The molecule has 0 saturated carbocycles. The zero-order valence-corrected chi connectivity index (χ0v) is 21.9. The predicted octanol–water partition coefficient (Wildman–Crippen LogP) is 6.05. The van der Waals surface area contributed by atoms with Crippen molar-refractivity contribution in [3.05, 3.63) is 97.6 Å². The van der Waals surface area contributed by atoms with E-state index in [1.54, 1.807) is 6.20 Å². The number of fused-ring (bicyclic) bond motifs is 2. The topological polar surface area (TPSA) is 121 Å². The fourth-order valence-corrected chi connectivity index (χ4v) is 4.83. The first-order valence-corrected chi connectivity index (χ1v) is 12.6. The smallest absolute Gasteiger partial charge is 0.322 e. The number of aryl methyl sites for hydroxylation is 2. The van der Waals surface area contributed by atoms with Gasteiger partial charge in [-0.3, -0.25) is 4.79 Å². The molecule has 0 bridgehead atoms. The summed E-state index contributed by atoms with van der Waals surface area (Å²) in [5.74, 6) is 0.743. The van der Waals surface area contributed by atoms with E-state index in [-0.39, 0.29) is 11.9 Å². The molecule has 0 aliphatic rings. The summed E-state index contributed by atoms with van der Waals surface area (Å²) >= 11 is 0. The van der Waals surface area contributed by atoms with Crippen molar-refractivity contribution in [1.29, 1.82) is 0 Å². The molecule has 6 rings (SSSR count). The van der Waals surface area contributed by atoms with Crippen molar-refractivity contribution in [2.75, 3.05) is 11.1 Å². The van der Waals surface area contributed by atoms with Crippen LogP contribution in [0.4, 0.5) is 11.5 Å². The highest BCUT2D eigenvalue weighted by Gasteiger charge is 2.22. The first kappa shape index (κ1) is 24.7. The largest absolute Gasteiger partial charge is 0.424 e. The van der Waals surface area contributed by atoms with Gasteiger partial charge in [0.15, 0.2) is 0 Å². The molecule has 9 nitrogen and oxygen atoms in total. The number of anilines is 2. The second-order valence-electron chi connectivity index (χ2n) is 9.32. The Hall–Kier alpha value is -5.57. The van der Waals surface area contributed by atoms with Gasteiger partial charge in [-0.15, -0.1) is 0 Å². The highest BCUT2D eigenvalue weighted by Crippen LogP contribution is 2.42. The number of amides is 1. The molecule has 0 atom stereocenters. The molecular formula is C31H25N7O2. The molecule has 0 aliphatic carbocycles. The molecule has 6 aromatic rings. The van der Waals surface area contributed by atoms with Crippen molar-refractivity contribution < 1.29 is 9.53 Å². The van der Waals surface area contributed by atoms with Gasteiger partial charge in [0, 0.05) is 30.2 Å². The molecule has 0 aliphatic heterocycles. The van der Waals surface area contributed by atoms with Gasteiger partial charge in [-0.1, -0.05) is 36.9 Å². The van der Waals surface area contributed by atoms with Gasteiger partial charge in [0.05, 0.1) is 11.1 Å². The second kappa shape index (κ2) is 9.95. The number of nitrogens with one attached hydrogen (secondary N) is 1. The van der Waals surface area contributed by atoms with E-state index in [4.69, 9.17) is 10.5 Å². The number of carbonyl (C=O) groups excluding carboxylic acids is 1. The fraction of sp³-hybridized carbons (Fsp3) is 0.0645. The quantitative estimate of drug-likeness (QED) is 0.253. The van der Waals surface area contributed by atoms with E-state index in [1.165, 1.54) is 12.4 Å². The van der Waals surface area contributed by atoms with Gasteiger partial charge in [0.1, 0.15) is 23.5 Å². The van der Waals surface area contributed by atoms with Crippen LogP contribution in [0.15, 0.2) is 91.9 Å². The van der Waals surface area contributed by atoms with Crippen molar-refractivity contribution in [1.82, 2.24) is 24.5 Å². The summed E-state index contributed by atoms with van der Waals surface area (Å²) in [7, 11) is 1.96. The van der Waals surface area contributed by atoms with Gasteiger partial charge in [-0.25, -0.2) is 19.9 Å². The highest BCUT2D eigenvalue weighted by atomic mass is 16.5. The van der Waals surface area contributed by atoms with E-state index in [1.807, 2.05) is 67.1 Å². The van der Waals surface area contributed by atoms with Gasteiger partial charge in [0.2, 0.25) is 5.91 Å². The molecule has 1 amide bonds. The van der Waals surface area contributed by atoms with Crippen molar-refractivity contribution >= 4 is 39.2 Å². The summed E-state index contributed by atoms with van der Waals surface area (Å²) in [5.41, 5.74) is 12.4. The lowest BCUT2D eigenvalue weighted by molar-refractivity contribution is -0.111. The predicted molar refractivity (Wildman–Crippen MR) is 157 cm³/mol. The number of rotatable bonds is 6. The summed E-state index contributed by atoms with van der Waals surface area (Å²) in [5, 5.41) is 5.61. The van der Waals surface area contributed by atoms with Crippen molar-refractivity contribution in [2.45, 2.75) is 6.92 Å². The molecular weight excluding hydrogens is 502 g/mol. The minimum absolute atomic E-state index is 0.262. The van der Waals surface area contributed by atoms with Crippen LogP contribution in [-0.2, 0) is 11.8 Å². The third-order valence-electron chi connectivity index (χ3n) is 6.69. The van der Waals surface area contributed by atoms with E-state index in [0.717, 1.165) is 49.9 Å². The SMILES string of the molecule is C=CC(=O)Nc1ccc2ccc(-c3c(-c4ccc(Oc5nccc(C)n5)cc4)c4c(N)ncnc4n3C)cc2c1. The average molecular weight is 528 g/mol. The number of nitrogens with two attached hydrogens (primary N) is 1. The molecule has 196 valence electrons. The average Bonchev–Trinajstić information content (AvgIpc) is 3.26. The number of nitrogens with zero attached hydrogens (tertiary/aromatic N) is 5. The number of carbonyl (C=O) groups is 1. The van der Waals surface area contributed by atoms with Crippen LogP contribution in [0.25, 0.3) is 44.2 Å². The van der Waals surface area contributed by atoms with Crippen LogP contribution in [0.2, 0.25) is 0 Å². The summed E-state index contributed by atoms with van der Waals surface area (Å²) in [6.45, 7) is 5.41. The molecule has 0 fully saturated rings. The maximum atomic E-state index is 11.9. The van der Waals surface area contributed by atoms with Crippen LogP contribution >= 0.6 is 0 Å². The first-order chi connectivity index (χ1) is 19.4. The van der Waals surface area contributed by atoms with Gasteiger partial charge in [-0.2, -0.15) is 0 Å². The van der Waals surface area contributed by atoms with Crippen LogP contribution < -0.4 is 15.8 Å². The Kier molecular flexibility index (Phi) is 6.16. The molecule has 0 radical (unpaired) electrons. The Balaban J connectivity index is 1.48. The monoisotopic (exact) mass is 527 g/mol. The highest BCUT2D eigenvalue weighted by molar-refractivity contribution is 6.08. The lowest BCUT2D eigenvalue weighted by atomic mass is 9.97. The molecule has 0 saturated heterocycles. The number of nitrogen functional groups attached to an aromatic ring is 1. The standard InChI is InChI=1S/C31H25N7O2/c1-4-25(39)37-23-10-7-19-5-6-21(15-22(19)16-23)28-26(27-29(32)34-17-35-30(27)38(28)3)20-8-11-24(12-9-20)40-31-33-14-13-18(2)36-31/h4-17H,1H2,2-3H3,(H,37,39)(H2,32,34,35). The number of hydrogen-bond donors (Lipinski definition) is 2. The molecule has 0 unspecified atom stereocenters. The van der Waals surface area contributed by atoms with E-state index >= 15 is 0 Å². The number of ether oxygens (including phenoxy) is 1. The molecule has 3 N–H and O–H groups in total. The Morgan fingerprint density at radius 3 is 2.52 bits per heavy atom. The minimum Gasteiger partial charge on any atom is -0.424 e. The van der Waals surface area contributed by atoms with Gasteiger partial charge < -0.3 is 20.4 Å². The molecule has 40 heavy (non-hydrogen) atoms. The van der Waals surface area contributed by atoms with Crippen LogP contribution in [0.3, 0.4) is 0 Å². The van der Waals surface area contributed by atoms with Crippen molar-refractivity contribution in [3.8, 4) is 34.1 Å². The van der Waals surface area contributed by atoms with E-state index in [9.17, 15) is 4.79 Å². The van der Waals surface area contributed by atoms with Crippen LogP contribution in [-0.4, -0.2) is 30.4 Å². The summed E-state index contributed by atoms with van der Waals surface area (Å²) in [6.07, 6.45) is 4.38. The zero-order chi connectivity index (χ0) is 27.8. The zero-order valence-electron chi connectivity index (χ0n) is 21.9.